The van der Waals surface area contributed by atoms with Crippen molar-refractivity contribution in [3.05, 3.63) is 34.7 Å². The first-order valence-corrected chi connectivity index (χ1v) is 4.42. The number of ether oxygens (including phenoxy) is 1. The summed E-state index contributed by atoms with van der Waals surface area (Å²) in [6, 6.07) is 2.63. The molecule has 1 aromatic heterocycles. The van der Waals surface area contributed by atoms with E-state index in [0.717, 1.165) is 0 Å². The Morgan fingerprint density at radius 2 is 2.07 bits per heavy atom. The monoisotopic (exact) mass is 211 g/mol. The second-order valence-electron chi connectivity index (χ2n) is 3.45. The van der Waals surface area contributed by atoms with E-state index in [2.05, 4.69) is 0 Å². The maximum absolute atomic E-state index is 11.1. The van der Waals surface area contributed by atoms with E-state index in [1.165, 1.54) is 43.1 Å². The SMILES string of the molecule is COCC(C)(C(=O)O)n1ccc(=O)cc1. The molecule has 1 N–H and O–H groups in total. The summed E-state index contributed by atoms with van der Waals surface area (Å²) >= 11 is 0. The molecule has 1 unspecified atom stereocenters. The van der Waals surface area contributed by atoms with Gasteiger partial charge in [0.05, 0.1) is 6.61 Å². The van der Waals surface area contributed by atoms with Crippen molar-refractivity contribution < 1.29 is 14.6 Å². The first kappa shape index (κ1) is 11.5. The van der Waals surface area contributed by atoms with Crippen molar-refractivity contribution >= 4 is 5.97 Å². The number of pyridine rings is 1. The largest absolute Gasteiger partial charge is 0.479 e. The fraction of sp³-hybridized carbons (Fsp3) is 0.400. The number of hydrogen-bond acceptors (Lipinski definition) is 3. The molecular weight excluding hydrogens is 198 g/mol. The standard InChI is InChI=1S/C10H13NO4/c1-10(7-15-2,9(13)14)11-5-3-8(12)4-6-11/h3-6H,7H2,1-2H3,(H,13,14). The first-order valence-electron chi connectivity index (χ1n) is 4.42. The van der Waals surface area contributed by atoms with Gasteiger partial charge in [0, 0.05) is 31.6 Å². The van der Waals surface area contributed by atoms with Gasteiger partial charge in [0.2, 0.25) is 0 Å². The molecule has 1 atom stereocenters. The van der Waals surface area contributed by atoms with Crippen LogP contribution in [0.15, 0.2) is 29.3 Å². The Balaban J connectivity index is 3.15. The van der Waals surface area contributed by atoms with Gasteiger partial charge in [-0.1, -0.05) is 0 Å². The molecule has 5 heteroatoms. The average molecular weight is 211 g/mol. The highest BCUT2D eigenvalue weighted by molar-refractivity contribution is 5.76. The Bertz CT molecular complexity index is 392. The molecule has 0 radical (unpaired) electrons. The van der Waals surface area contributed by atoms with Gasteiger partial charge in [-0.3, -0.25) is 4.79 Å². The second kappa shape index (κ2) is 4.27. The van der Waals surface area contributed by atoms with E-state index >= 15 is 0 Å². The molecule has 1 aromatic rings. The van der Waals surface area contributed by atoms with Crippen LogP contribution in [0.1, 0.15) is 6.92 Å². The number of hydrogen-bond donors (Lipinski definition) is 1. The van der Waals surface area contributed by atoms with Crippen molar-refractivity contribution in [1.82, 2.24) is 4.57 Å². The van der Waals surface area contributed by atoms with Crippen LogP contribution in [0.5, 0.6) is 0 Å². The molecule has 15 heavy (non-hydrogen) atoms. The van der Waals surface area contributed by atoms with E-state index in [1.807, 2.05) is 0 Å². The van der Waals surface area contributed by atoms with Crippen LogP contribution in [0.2, 0.25) is 0 Å². The maximum atomic E-state index is 11.1. The van der Waals surface area contributed by atoms with Crippen molar-refractivity contribution in [2.24, 2.45) is 0 Å². The Labute approximate surface area is 86.9 Å². The molecule has 0 bridgehead atoms. The van der Waals surface area contributed by atoms with Crippen LogP contribution in [-0.4, -0.2) is 29.4 Å². The summed E-state index contributed by atoms with van der Waals surface area (Å²) in [4.78, 5) is 22.0. The number of aromatic nitrogens is 1. The lowest BCUT2D eigenvalue weighted by Gasteiger charge is -2.27. The normalized spacial score (nSPS) is 14.5. The Morgan fingerprint density at radius 1 is 1.53 bits per heavy atom. The van der Waals surface area contributed by atoms with Gasteiger partial charge in [0.25, 0.3) is 0 Å². The molecule has 0 saturated carbocycles. The number of nitrogens with zero attached hydrogens (tertiary/aromatic N) is 1. The van der Waals surface area contributed by atoms with E-state index in [-0.39, 0.29) is 12.0 Å². The summed E-state index contributed by atoms with van der Waals surface area (Å²) in [5.74, 6) is -1.01. The van der Waals surface area contributed by atoms with Crippen molar-refractivity contribution in [2.75, 3.05) is 13.7 Å². The quantitative estimate of drug-likeness (QED) is 0.777. The van der Waals surface area contributed by atoms with Gasteiger partial charge in [-0.25, -0.2) is 4.79 Å². The van der Waals surface area contributed by atoms with Gasteiger partial charge < -0.3 is 14.4 Å². The minimum Gasteiger partial charge on any atom is -0.479 e. The minimum absolute atomic E-state index is 0.0329. The molecule has 0 aliphatic carbocycles. The number of carboxylic acids is 1. The third-order valence-electron chi connectivity index (χ3n) is 2.25. The van der Waals surface area contributed by atoms with E-state index in [9.17, 15) is 9.59 Å². The lowest BCUT2D eigenvalue weighted by molar-refractivity contribution is -0.149. The predicted molar refractivity (Wildman–Crippen MR) is 53.9 cm³/mol. The van der Waals surface area contributed by atoms with E-state index in [0.29, 0.717) is 0 Å². The number of methoxy groups -OCH3 is 1. The molecule has 5 nitrogen and oxygen atoms in total. The zero-order valence-electron chi connectivity index (χ0n) is 8.64. The molecule has 1 rings (SSSR count). The number of aliphatic carboxylic acids is 1. The van der Waals surface area contributed by atoms with E-state index in [4.69, 9.17) is 9.84 Å². The van der Waals surface area contributed by atoms with Gasteiger partial charge in [0.15, 0.2) is 11.0 Å². The zero-order chi connectivity index (χ0) is 11.5. The molecule has 0 aliphatic heterocycles. The number of carboxylic acid groups (broad SMARTS) is 1. The molecule has 0 aromatic carbocycles. The van der Waals surface area contributed by atoms with Crippen LogP contribution >= 0.6 is 0 Å². The molecule has 0 amide bonds. The molecule has 0 aliphatic rings. The van der Waals surface area contributed by atoms with Crippen molar-refractivity contribution in [1.29, 1.82) is 0 Å². The lowest BCUT2D eigenvalue weighted by Crippen LogP contribution is -2.43. The fourth-order valence-corrected chi connectivity index (χ4v) is 1.27. The fourth-order valence-electron chi connectivity index (χ4n) is 1.27. The van der Waals surface area contributed by atoms with Crippen LogP contribution in [-0.2, 0) is 15.1 Å². The number of carbonyl (C=O) groups is 1. The highest BCUT2D eigenvalue weighted by atomic mass is 16.5. The van der Waals surface area contributed by atoms with Crippen molar-refractivity contribution in [3.63, 3.8) is 0 Å². The lowest BCUT2D eigenvalue weighted by atomic mass is 10.0. The van der Waals surface area contributed by atoms with Crippen LogP contribution < -0.4 is 5.43 Å². The summed E-state index contributed by atoms with van der Waals surface area (Å²) in [6.45, 7) is 1.56. The highest BCUT2D eigenvalue weighted by Gasteiger charge is 2.34. The third kappa shape index (κ3) is 2.24. The van der Waals surface area contributed by atoms with Crippen molar-refractivity contribution in [2.45, 2.75) is 12.5 Å². The Hall–Kier alpha value is -1.62. The first-order chi connectivity index (χ1) is 7.00. The van der Waals surface area contributed by atoms with Gasteiger partial charge in [-0.15, -0.1) is 0 Å². The highest BCUT2D eigenvalue weighted by Crippen LogP contribution is 2.15. The number of rotatable bonds is 4. The van der Waals surface area contributed by atoms with E-state index in [1.54, 1.807) is 0 Å². The molecule has 1 heterocycles. The van der Waals surface area contributed by atoms with Crippen LogP contribution in [0.4, 0.5) is 0 Å². The topological polar surface area (TPSA) is 68.5 Å². The van der Waals surface area contributed by atoms with E-state index < -0.39 is 11.5 Å². The Morgan fingerprint density at radius 3 is 2.47 bits per heavy atom. The van der Waals surface area contributed by atoms with Crippen LogP contribution in [0.3, 0.4) is 0 Å². The summed E-state index contributed by atoms with van der Waals surface area (Å²) in [7, 11) is 1.43. The predicted octanol–water partition coefficient (Wildman–Crippen LogP) is 0.294. The van der Waals surface area contributed by atoms with Gasteiger partial charge in [-0.05, 0) is 6.92 Å². The smallest absolute Gasteiger partial charge is 0.332 e. The molecule has 0 spiro atoms. The van der Waals surface area contributed by atoms with Crippen LogP contribution in [0.25, 0.3) is 0 Å². The van der Waals surface area contributed by atoms with Gasteiger partial charge >= 0.3 is 5.97 Å². The molecule has 82 valence electrons. The summed E-state index contributed by atoms with van der Waals surface area (Å²) in [5.41, 5.74) is -1.35. The second-order valence-corrected chi connectivity index (χ2v) is 3.45. The molecule has 0 fully saturated rings. The van der Waals surface area contributed by atoms with Crippen molar-refractivity contribution in [3.8, 4) is 0 Å². The Kier molecular flexibility index (Phi) is 3.26. The molecular formula is C10H13NO4. The summed E-state index contributed by atoms with van der Waals surface area (Å²) in [5, 5.41) is 9.11. The minimum atomic E-state index is -1.19. The van der Waals surface area contributed by atoms with Gasteiger partial charge in [0.1, 0.15) is 0 Å². The molecule has 0 saturated heterocycles. The average Bonchev–Trinajstić information content (AvgIpc) is 2.18. The summed E-state index contributed by atoms with van der Waals surface area (Å²) < 4.78 is 6.32. The van der Waals surface area contributed by atoms with Gasteiger partial charge in [-0.2, -0.15) is 0 Å². The zero-order valence-corrected chi connectivity index (χ0v) is 8.64. The third-order valence-corrected chi connectivity index (χ3v) is 2.25. The summed E-state index contributed by atoms with van der Waals surface area (Å²) in [6.07, 6.45) is 2.88. The maximum Gasteiger partial charge on any atom is 0.332 e. The van der Waals surface area contributed by atoms with Crippen LogP contribution in [0, 0.1) is 0 Å².